The Labute approximate surface area is 669 Å². The summed E-state index contributed by atoms with van der Waals surface area (Å²) >= 11 is 0. The molecule has 6 amide bonds. The molecule has 9 aliphatic heterocycles. The lowest BCUT2D eigenvalue weighted by Crippen LogP contribution is -2.71. The average Bonchev–Trinajstić information content (AvgIpc) is 0.765. The summed E-state index contributed by atoms with van der Waals surface area (Å²) in [7, 11) is 0. The van der Waals surface area contributed by atoms with Gasteiger partial charge in [0, 0.05) is 41.5 Å². The predicted molar refractivity (Wildman–Crippen MR) is 367 cm³/mol. The van der Waals surface area contributed by atoms with Gasteiger partial charge in [0.15, 0.2) is 56.6 Å². The van der Waals surface area contributed by atoms with Crippen molar-refractivity contribution < 1.29 is 227 Å². The molecule has 0 bridgehead atoms. The summed E-state index contributed by atoms with van der Waals surface area (Å²) in [5.41, 5.74) is 0. The van der Waals surface area contributed by atoms with E-state index in [0.29, 0.717) is 0 Å². The van der Waals surface area contributed by atoms with Crippen molar-refractivity contribution in [1.29, 1.82) is 0 Å². The third kappa shape index (κ3) is 22.1. The van der Waals surface area contributed by atoms with Crippen LogP contribution >= 0.6 is 0 Å². The first-order valence-corrected chi connectivity index (χ1v) is 37.6. The molecule has 0 radical (unpaired) electrons. The minimum Gasteiger partial charge on any atom is -0.394 e. The Morgan fingerprint density at radius 3 is 0.831 bits per heavy atom. The highest BCUT2D eigenvalue weighted by Crippen LogP contribution is 2.40. The van der Waals surface area contributed by atoms with Crippen molar-refractivity contribution in [3.8, 4) is 0 Å². The Morgan fingerprint density at radius 2 is 0.458 bits per heavy atom. The Kier molecular flexibility index (Phi) is 35.1. The fourth-order valence-corrected chi connectivity index (χ4v) is 15.2. The molecule has 52 heteroatoms. The fraction of sp³-hybridized carbons (Fsp3) is 0.909. The van der Waals surface area contributed by atoms with E-state index >= 15 is 0 Å². The second kappa shape index (κ2) is 42.7. The highest BCUT2D eigenvalue weighted by Gasteiger charge is 2.61. The van der Waals surface area contributed by atoms with Gasteiger partial charge in [0.25, 0.3) is 0 Å². The van der Waals surface area contributed by atoms with Gasteiger partial charge in [-0.3, -0.25) is 28.8 Å². The highest BCUT2D eigenvalue weighted by atomic mass is 16.8. The number of aliphatic hydroxyl groups is 23. The average molecular weight is 1720 g/mol. The standard InChI is InChI=1S/C66H110N6O46/c1-16(80)67-31-46(95)52(26(11-77)104-58(31)101)113-62-35(71-20(5)84)48(97)54(28(13-79)109-62)115-64-51(100)55(116-66-57(49(98)40(89)25(10-76)108-66)118-63-36(72-21(6)85)47(96)53(27(12-78)110-63)114-60-33(69-18(3)82)44(93)38(87)23(8-74)106-60)42(91)30(111-64)15-103-65-56(117-61-34(70-19(4)83)45(94)39(88)24(9-75)107-61)50(99)41(90)29(112-65)14-102-59-32(68-17(2)81)43(92)37(86)22(7-73)105-59/h22-66,73-79,86-101H,7-15H2,1-6H3,(H,67,80)(H,68,81)(H,69,82)(H,70,83)(H,71,84)(H,72,85)/t22-,23-,24-,25-,26-,27-,28-,29-,30-,31-,32-,33-,34-,35-,36-,37-,38+,39-,40-,41-,42-,43-,44-,45-,46-,47-,48-,49+,50+,51+,52-,53-,54-,55+,56+,57+,58?,59-,60+,61+,62+,63+,64+,65+,66-/m1/s1. The molecule has 9 saturated heterocycles. The molecule has 0 aromatic carbocycles. The Morgan fingerprint density at radius 1 is 0.220 bits per heavy atom. The van der Waals surface area contributed by atoms with Gasteiger partial charge in [-0.25, -0.2) is 0 Å². The van der Waals surface area contributed by atoms with E-state index in [1.807, 2.05) is 0 Å². The van der Waals surface area contributed by atoms with E-state index in [1.54, 1.807) is 0 Å². The van der Waals surface area contributed by atoms with Crippen LogP contribution in [0.5, 0.6) is 0 Å². The summed E-state index contributed by atoms with van der Waals surface area (Å²) in [6.07, 6.45) is -81.3. The van der Waals surface area contributed by atoms with Gasteiger partial charge in [0.05, 0.1) is 59.5 Å². The van der Waals surface area contributed by atoms with Crippen LogP contribution in [-0.2, 0) is 109 Å². The zero-order chi connectivity index (χ0) is 87.1. The van der Waals surface area contributed by atoms with Gasteiger partial charge in [-0.15, -0.1) is 0 Å². The summed E-state index contributed by atoms with van der Waals surface area (Å²) in [6.45, 7) is -3.89. The lowest BCUT2D eigenvalue weighted by Gasteiger charge is -2.51. The van der Waals surface area contributed by atoms with Crippen molar-refractivity contribution in [2.75, 3.05) is 59.5 Å². The van der Waals surface area contributed by atoms with Crippen LogP contribution in [0.1, 0.15) is 41.5 Å². The number of hydrogen-bond acceptors (Lipinski definition) is 46. The minimum absolute atomic E-state index is 0.796. The quantitative estimate of drug-likeness (QED) is 0.0306. The molecule has 1 unspecified atom stereocenters. The summed E-state index contributed by atoms with van der Waals surface area (Å²) in [5.74, 6) is -5.23. The lowest BCUT2D eigenvalue weighted by molar-refractivity contribution is -0.398. The molecule has 29 N–H and O–H groups in total. The molecule has 52 nitrogen and oxygen atoms in total. The molecule has 9 aliphatic rings. The first kappa shape index (κ1) is 97.0. The van der Waals surface area contributed by atoms with Crippen molar-refractivity contribution >= 4 is 35.4 Å². The molecule has 9 rings (SSSR count). The molecule has 0 aromatic rings. The highest BCUT2D eigenvalue weighted by molar-refractivity contribution is 5.75. The Hall–Kier alpha value is -4.78. The van der Waals surface area contributed by atoms with E-state index in [2.05, 4.69) is 31.9 Å². The van der Waals surface area contributed by atoms with Crippen LogP contribution < -0.4 is 31.9 Å². The normalized spacial score (nSPS) is 46.9. The molecule has 0 saturated carbocycles. The van der Waals surface area contributed by atoms with E-state index in [0.717, 1.165) is 41.5 Å². The summed E-state index contributed by atoms with van der Waals surface area (Å²) < 4.78 is 102. The number of ether oxygens (including phenoxy) is 17. The van der Waals surface area contributed by atoms with Crippen molar-refractivity contribution in [3.05, 3.63) is 0 Å². The van der Waals surface area contributed by atoms with Crippen LogP contribution in [-0.4, -0.2) is 488 Å². The number of rotatable bonds is 31. The van der Waals surface area contributed by atoms with E-state index in [1.165, 1.54) is 0 Å². The van der Waals surface area contributed by atoms with Gasteiger partial charge >= 0.3 is 0 Å². The first-order chi connectivity index (χ1) is 55.8. The first-order valence-electron chi connectivity index (χ1n) is 37.6. The molecule has 0 aliphatic carbocycles. The third-order valence-corrected chi connectivity index (χ3v) is 21.1. The largest absolute Gasteiger partial charge is 0.394 e. The van der Waals surface area contributed by atoms with E-state index < -0.39 is 371 Å². The zero-order valence-electron chi connectivity index (χ0n) is 64.0. The van der Waals surface area contributed by atoms with Crippen LogP contribution in [0.3, 0.4) is 0 Å². The monoisotopic (exact) mass is 1720 g/mol. The van der Waals surface area contributed by atoms with Crippen molar-refractivity contribution in [3.63, 3.8) is 0 Å². The van der Waals surface area contributed by atoms with Crippen LogP contribution in [0.15, 0.2) is 0 Å². The van der Waals surface area contributed by atoms with E-state index in [-0.39, 0.29) is 0 Å². The lowest BCUT2D eigenvalue weighted by atomic mass is 9.93. The smallest absolute Gasteiger partial charge is 0.217 e. The third-order valence-electron chi connectivity index (χ3n) is 21.1. The van der Waals surface area contributed by atoms with Gasteiger partial charge < -0.3 is 230 Å². The van der Waals surface area contributed by atoms with E-state index in [9.17, 15) is 146 Å². The topological polar surface area (TPSA) is 797 Å². The van der Waals surface area contributed by atoms with E-state index in [4.69, 9.17) is 80.5 Å². The second-order valence-electron chi connectivity index (χ2n) is 29.7. The van der Waals surface area contributed by atoms with Crippen molar-refractivity contribution in [1.82, 2.24) is 31.9 Å². The Bertz CT molecular complexity index is 3230. The van der Waals surface area contributed by atoms with Gasteiger partial charge in [0.2, 0.25) is 35.4 Å². The molecule has 9 fully saturated rings. The summed E-state index contributed by atoms with van der Waals surface area (Å²) in [6, 6.07) is -10.7. The SMILES string of the molecule is CC(=O)N[C@H]1[C@H](O[C@H]2[C@H](O)[C@@H](NC(C)=O)C(O)O[C@@H]2CO)O[C@H](CO)[C@@H](O[C@@H]2O[C@H](CO[C@H]3O[C@H](CO[C@@H]4O[C@H](CO)[C@@H](O)[C@H](O)[C@H]4NC(C)=O)[C@@H](O)[C@H](O)[C@@H]3O[C@@H]3O[C@H](CO)[C@@H](O)[C@H](O)[C@H]3NC(C)=O)[C@@H](O)[C@H](O[C@H]3O[C@H](CO)[C@@H](O)[C@H](O)[C@@H]3O[C@@H]3O[C@H](CO)[C@@H](O[C@@H]4O[C@H](CO)[C@H](O)[C@H](O)[C@H]4NC(C)=O)[C@H](O)[C@H]3NC(C)=O)[C@@H]2O)[C@@H]1O. The maximum Gasteiger partial charge on any atom is 0.217 e. The summed E-state index contributed by atoms with van der Waals surface area (Å²) in [4.78, 5) is 75.8. The number of nitrogens with one attached hydrogen (secondary N) is 6. The van der Waals surface area contributed by atoms with Gasteiger partial charge in [-0.05, 0) is 0 Å². The molecule has 9 heterocycles. The molecule has 45 atom stereocenters. The fourth-order valence-electron chi connectivity index (χ4n) is 15.2. The maximum absolute atomic E-state index is 13.1. The number of carbonyl (C=O) groups is 6. The number of aliphatic hydroxyl groups excluding tert-OH is 23. The molecule has 0 spiro atoms. The number of carbonyl (C=O) groups excluding carboxylic acids is 6. The molecule has 118 heavy (non-hydrogen) atoms. The predicted octanol–water partition coefficient (Wildman–Crippen LogP) is -19.8. The second-order valence-corrected chi connectivity index (χ2v) is 29.7. The zero-order valence-corrected chi connectivity index (χ0v) is 64.0. The van der Waals surface area contributed by atoms with Crippen LogP contribution in [0.25, 0.3) is 0 Å². The van der Waals surface area contributed by atoms with Crippen LogP contribution in [0.4, 0.5) is 0 Å². The number of hydrogen-bond donors (Lipinski definition) is 29. The molecular weight excluding hydrogens is 1610 g/mol. The van der Waals surface area contributed by atoms with Gasteiger partial charge in [0.1, 0.15) is 219 Å². The number of amides is 6. The van der Waals surface area contributed by atoms with Crippen molar-refractivity contribution in [2.24, 2.45) is 0 Å². The van der Waals surface area contributed by atoms with Crippen LogP contribution in [0.2, 0.25) is 0 Å². The van der Waals surface area contributed by atoms with Gasteiger partial charge in [-0.1, -0.05) is 0 Å². The van der Waals surface area contributed by atoms with Crippen molar-refractivity contribution in [2.45, 2.75) is 318 Å². The minimum atomic E-state index is -2.61. The maximum atomic E-state index is 13.1. The van der Waals surface area contributed by atoms with Crippen LogP contribution in [0, 0.1) is 0 Å². The molecular formula is C66H110N6O46. The Balaban J connectivity index is 1.09. The van der Waals surface area contributed by atoms with Gasteiger partial charge in [-0.2, -0.15) is 0 Å². The summed E-state index contributed by atoms with van der Waals surface area (Å²) in [5, 5.41) is 273. The molecule has 0 aromatic heterocycles. The molecule has 680 valence electrons.